The van der Waals surface area contributed by atoms with Gasteiger partial charge >= 0.3 is 0 Å². The summed E-state index contributed by atoms with van der Waals surface area (Å²) in [6.45, 7) is 6.29. The molecule has 0 spiro atoms. The fourth-order valence-electron chi connectivity index (χ4n) is 3.49. The van der Waals surface area contributed by atoms with Crippen molar-refractivity contribution in [2.45, 2.75) is 20.8 Å². The van der Waals surface area contributed by atoms with Gasteiger partial charge in [0.1, 0.15) is 5.75 Å². The molecule has 0 atom stereocenters. The second-order valence-electron chi connectivity index (χ2n) is 6.79. The Morgan fingerprint density at radius 2 is 1.41 bits per heavy atom. The molecule has 3 rings (SSSR count). The van der Waals surface area contributed by atoms with Crippen molar-refractivity contribution in [2.75, 3.05) is 7.11 Å². The van der Waals surface area contributed by atoms with Crippen LogP contribution >= 0.6 is 0 Å². The van der Waals surface area contributed by atoms with Gasteiger partial charge in [0.2, 0.25) is 0 Å². The van der Waals surface area contributed by atoms with E-state index in [4.69, 9.17) is 4.74 Å². The second kappa shape index (κ2) is 8.05. The molecule has 0 aliphatic carbocycles. The van der Waals surface area contributed by atoms with E-state index in [1.807, 2.05) is 54.6 Å². The molecule has 0 saturated carbocycles. The van der Waals surface area contributed by atoms with Gasteiger partial charge in [0.05, 0.1) is 7.11 Å². The van der Waals surface area contributed by atoms with Crippen LogP contribution in [-0.4, -0.2) is 12.9 Å². The third kappa shape index (κ3) is 4.17. The third-order valence-electron chi connectivity index (χ3n) is 4.68. The van der Waals surface area contributed by atoms with Crippen molar-refractivity contribution in [2.24, 2.45) is 0 Å². The first-order valence-corrected chi connectivity index (χ1v) is 9.03. The highest BCUT2D eigenvalue weighted by Gasteiger charge is 2.14. The molecule has 0 radical (unpaired) electrons. The molecule has 136 valence electrons. The van der Waals surface area contributed by atoms with E-state index in [1.54, 1.807) is 13.2 Å². The maximum atomic E-state index is 12.9. The first-order chi connectivity index (χ1) is 13.0. The number of hydrogen-bond acceptors (Lipinski definition) is 2. The van der Waals surface area contributed by atoms with Crippen LogP contribution in [0.1, 0.15) is 38.2 Å². The minimum atomic E-state index is 0.000734. The molecule has 0 bridgehead atoms. The summed E-state index contributed by atoms with van der Waals surface area (Å²) >= 11 is 0. The molecule has 0 aliphatic heterocycles. The van der Waals surface area contributed by atoms with E-state index in [9.17, 15) is 4.79 Å². The van der Waals surface area contributed by atoms with Crippen molar-refractivity contribution >= 4 is 11.4 Å². The number of carbonyl (C=O) groups is 1. The molecule has 0 aromatic heterocycles. The van der Waals surface area contributed by atoms with Crippen LogP contribution in [0.2, 0.25) is 0 Å². The zero-order valence-corrected chi connectivity index (χ0v) is 16.2. The van der Waals surface area contributed by atoms with Gasteiger partial charge in [-0.25, -0.2) is 0 Å². The van der Waals surface area contributed by atoms with Gasteiger partial charge in [-0.2, -0.15) is 0 Å². The number of aryl methyl sites for hydroxylation is 3. The van der Waals surface area contributed by atoms with Crippen molar-refractivity contribution < 1.29 is 9.53 Å². The summed E-state index contributed by atoms with van der Waals surface area (Å²) in [4.78, 5) is 12.9. The molecule has 3 aromatic carbocycles. The highest BCUT2D eigenvalue weighted by molar-refractivity contribution is 6.10. The van der Waals surface area contributed by atoms with E-state index < -0.39 is 0 Å². The van der Waals surface area contributed by atoms with Crippen molar-refractivity contribution in [3.63, 3.8) is 0 Å². The zero-order valence-electron chi connectivity index (χ0n) is 16.2. The highest BCUT2D eigenvalue weighted by Crippen LogP contribution is 2.31. The van der Waals surface area contributed by atoms with Crippen molar-refractivity contribution in [1.82, 2.24) is 0 Å². The number of benzene rings is 3. The molecule has 0 amide bonds. The van der Waals surface area contributed by atoms with Gasteiger partial charge in [0.25, 0.3) is 0 Å². The van der Waals surface area contributed by atoms with Gasteiger partial charge < -0.3 is 4.74 Å². The third-order valence-corrected chi connectivity index (χ3v) is 4.68. The minimum absolute atomic E-state index is 0.000734. The fraction of sp³-hybridized carbons (Fsp3) is 0.160. The number of carbonyl (C=O) groups excluding carboxylic acids is 1. The number of ketones is 1. The SMILES string of the molecule is COc1ccc(/C(=C/C(=O)c2ccccc2)c2c(C)cc(C)cc2C)cc1. The predicted molar refractivity (Wildman–Crippen MR) is 111 cm³/mol. The lowest BCUT2D eigenvalue weighted by Gasteiger charge is -2.16. The van der Waals surface area contributed by atoms with Crippen molar-refractivity contribution in [3.8, 4) is 5.75 Å². The molecule has 0 heterocycles. The average molecular weight is 356 g/mol. The summed E-state index contributed by atoms with van der Waals surface area (Å²) in [6, 6.07) is 21.6. The molecule has 0 saturated heterocycles. The number of ether oxygens (including phenoxy) is 1. The smallest absolute Gasteiger partial charge is 0.186 e. The van der Waals surface area contributed by atoms with Crippen LogP contribution in [0.4, 0.5) is 0 Å². The van der Waals surface area contributed by atoms with Gasteiger partial charge in [-0.15, -0.1) is 0 Å². The zero-order chi connectivity index (χ0) is 19.4. The summed E-state index contributed by atoms with van der Waals surface area (Å²) in [5, 5.41) is 0. The van der Waals surface area contributed by atoms with Gasteiger partial charge in [0, 0.05) is 5.56 Å². The van der Waals surface area contributed by atoms with Crippen LogP contribution in [0.25, 0.3) is 5.57 Å². The van der Waals surface area contributed by atoms with Crippen molar-refractivity contribution in [3.05, 3.63) is 106 Å². The predicted octanol–water partition coefficient (Wildman–Crippen LogP) is 5.94. The Morgan fingerprint density at radius 3 is 1.96 bits per heavy atom. The quantitative estimate of drug-likeness (QED) is 0.418. The normalized spacial score (nSPS) is 11.3. The van der Waals surface area contributed by atoms with Gasteiger partial charge in [-0.1, -0.05) is 60.2 Å². The highest BCUT2D eigenvalue weighted by atomic mass is 16.5. The first kappa shape index (κ1) is 18.7. The Bertz CT molecular complexity index is 958. The maximum absolute atomic E-state index is 12.9. The second-order valence-corrected chi connectivity index (χ2v) is 6.79. The van der Waals surface area contributed by atoms with Crippen LogP contribution < -0.4 is 4.74 Å². The molecule has 2 nitrogen and oxygen atoms in total. The summed E-state index contributed by atoms with van der Waals surface area (Å²) in [6.07, 6.45) is 1.75. The molecule has 0 aliphatic rings. The lowest BCUT2D eigenvalue weighted by atomic mass is 9.88. The fourth-order valence-corrected chi connectivity index (χ4v) is 3.49. The molecular formula is C25H24O2. The topological polar surface area (TPSA) is 26.3 Å². The average Bonchev–Trinajstić information content (AvgIpc) is 2.67. The summed E-state index contributed by atoms with van der Waals surface area (Å²) in [5.41, 5.74) is 7.26. The van der Waals surface area contributed by atoms with E-state index in [2.05, 4.69) is 32.9 Å². The molecule has 27 heavy (non-hydrogen) atoms. The van der Waals surface area contributed by atoms with Gasteiger partial charge in [-0.3, -0.25) is 4.79 Å². The van der Waals surface area contributed by atoms with Gasteiger partial charge in [-0.05, 0) is 66.8 Å². The van der Waals surface area contributed by atoms with E-state index in [0.29, 0.717) is 5.56 Å². The number of methoxy groups -OCH3 is 1. The summed E-state index contributed by atoms with van der Waals surface area (Å²) in [7, 11) is 1.65. The molecule has 0 unspecified atom stereocenters. The van der Waals surface area contributed by atoms with Crippen LogP contribution in [0.5, 0.6) is 5.75 Å². The Hall–Kier alpha value is -3.13. The molecule has 3 aromatic rings. The molecule has 0 fully saturated rings. The van der Waals surface area contributed by atoms with Gasteiger partial charge in [0.15, 0.2) is 5.78 Å². The molecule has 2 heteroatoms. The van der Waals surface area contributed by atoms with Crippen LogP contribution in [0.15, 0.2) is 72.8 Å². The monoisotopic (exact) mass is 356 g/mol. The summed E-state index contributed by atoms with van der Waals surface area (Å²) in [5.74, 6) is 0.797. The largest absolute Gasteiger partial charge is 0.497 e. The lowest BCUT2D eigenvalue weighted by molar-refractivity contribution is 0.104. The standard InChI is InChI=1S/C25H24O2/c1-17-14-18(2)25(19(3)15-17)23(20-10-12-22(27-4)13-11-20)16-24(26)21-8-6-5-7-9-21/h5-16H,1-4H3/b23-16-. The van der Waals surface area contributed by atoms with E-state index in [-0.39, 0.29) is 5.78 Å². The Morgan fingerprint density at radius 1 is 0.815 bits per heavy atom. The lowest BCUT2D eigenvalue weighted by Crippen LogP contribution is -2.01. The van der Waals surface area contributed by atoms with Crippen LogP contribution in [-0.2, 0) is 0 Å². The maximum Gasteiger partial charge on any atom is 0.186 e. The van der Waals surface area contributed by atoms with Crippen molar-refractivity contribution in [1.29, 1.82) is 0 Å². The van der Waals surface area contributed by atoms with E-state index >= 15 is 0 Å². The Labute approximate surface area is 161 Å². The summed E-state index contributed by atoms with van der Waals surface area (Å²) < 4.78 is 5.28. The first-order valence-electron chi connectivity index (χ1n) is 9.03. The van der Waals surface area contributed by atoms with Crippen LogP contribution in [0, 0.1) is 20.8 Å². The Balaban J connectivity index is 2.17. The van der Waals surface area contributed by atoms with E-state index in [1.165, 1.54) is 5.56 Å². The minimum Gasteiger partial charge on any atom is -0.497 e. The number of allylic oxidation sites excluding steroid dienone is 1. The number of hydrogen-bond donors (Lipinski definition) is 0. The van der Waals surface area contributed by atoms with E-state index in [0.717, 1.165) is 33.6 Å². The molecule has 0 N–H and O–H groups in total. The molecular weight excluding hydrogens is 332 g/mol. The number of rotatable bonds is 5. The Kier molecular flexibility index (Phi) is 5.56. The van der Waals surface area contributed by atoms with Crippen LogP contribution in [0.3, 0.4) is 0 Å².